The second-order valence-corrected chi connectivity index (χ2v) is 8.77. The molecule has 0 bridgehead atoms. The van der Waals surface area contributed by atoms with Gasteiger partial charge in [-0.15, -0.1) is 0 Å². The molecule has 0 fully saturated rings. The SMILES string of the molecule is CCNC(=O)[C@@H](Cc1ccccc1)N(Cc1ccc(Br)cc1)C(=O)Cc1ccccc1C. The summed E-state index contributed by atoms with van der Waals surface area (Å²) in [6.07, 6.45) is 0.719. The van der Waals surface area contributed by atoms with E-state index in [1.54, 1.807) is 4.90 Å². The predicted octanol–water partition coefficient (Wildman–Crippen LogP) is 5.08. The average Bonchev–Trinajstić information content (AvgIpc) is 2.79. The van der Waals surface area contributed by atoms with Crippen molar-refractivity contribution >= 4 is 27.7 Å². The summed E-state index contributed by atoms with van der Waals surface area (Å²) >= 11 is 3.47. The Bertz CT molecular complexity index is 1040. The molecule has 0 aromatic heterocycles. The third-order valence-electron chi connectivity index (χ3n) is 5.49. The number of hydrogen-bond acceptors (Lipinski definition) is 2. The molecule has 0 spiro atoms. The maximum Gasteiger partial charge on any atom is 0.243 e. The van der Waals surface area contributed by atoms with Gasteiger partial charge in [-0.3, -0.25) is 9.59 Å². The summed E-state index contributed by atoms with van der Waals surface area (Å²) in [5, 5.41) is 2.93. The Kier molecular flexibility index (Phi) is 8.63. The van der Waals surface area contributed by atoms with Crippen LogP contribution in [-0.4, -0.2) is 29.3 Å². The van der Waals surface area contributed by atoms with Gasteiger partial charge in [-0.1, -0.05) is 82.7 Å². The van der Waals surface area contributed by atoms with E-state index in [1.165, 1.54) is 0 Å². The third kappa shape index (κ3) is 6.54. The number of amides is 2. The largest absolute Gasteiger partial charge is 0.355 e. The molecule has 0 unspecified atom stereocenters. The molecule has 1 N–H and O–H groups in total. The highest BCUT2D eigenvalue weighted by Gasteiger charge is 2.30. The molecule has 4 nitrogen and oxygen atoms in total. The van der Waals surface area contributed by atoms with E-state index in [9.17, 15) is 9.59 Å². The van der Waals surface area contributed by atoms with Crippen molar-refractivity contribution in [2.45, 2.75) is 39.3 Å². The summed E-state index contributed by atoms with van der Waals surface area (Å²) in [4.78, 5) is 28.5. The third-order valence-corrected chi connectivity index (χ3v) is 6.02. The average molecular weight is 493 g/mol. The monoisotopic (exact) mass is 492 g/mol. The van der Waals surface area contributed by atoms with Crippen LogP contribution in [0, 0.1) is 6.92 Å². The molecule has 0 heterocycles. The number of likely N-dealkylation sites (N-methyl/N-ethyl adjacent to an activating group) is 1. The number of halogens is 1. The topological polar surface area (TPSA) is 49.4 Å². The standard InChI is InChI=1S/C27H29BrN2O2/c1-3-29-27(32)25(17-21-10-5-4-6-11-21)30(19-22-13-15-24(28)16-14-22)26(31)18-23-12-8-7-9-20(23)2/h4-16,25H,3,17-19H2,1-2H3,(H,29,32)/t25-/m1/s1. The normalized spacial score (nSPS) is 11.6. The molecule has 0 saturated heterocycles. The Morgan fingerprint density at radius 2 is 1.56 bits per heavy atom. The number of carbonyl (C=O) groups is 2. The number of nitrogens with one attached hydrogen (secondary N) is 1. The van der Waals surface area contributed by atoms with Gasteiger partial charge in [0.05, 0.1) is 6.42 Å². The fourth-order valence-corrected chi connectivity index (χ4v) is 3.97. The van der Waals surface area contributed by atoms with Crippen LogP contribution in [0.15, 0.2) is 83.3 Å². The lowest BCUT2D eigenvalue weighted by molar-refractivity contribution is -0.140. The molecule has 5 heteroatoms. The van der Waals surface area contributed by atoms with Crippen LogP contribution in [0.1, 0.15) is 29.2 Å². The summed E-state index contributed by atoms with van der Waals surface area (Å²) in [5.41, 5.74) is 4.05. The maximum absolute atomic E-state index is 13.6. The van der Waals surface area contributed by atoms with Crippen LogP contribution in [-0.2, 0) is 29.0 Å². The highest BCUT2D eigenvalue weighted by Crippen LogP contribution is 2.19. The second-order valence-electron chi connectivity index (χ2n) is 7.85. The first kappa shape index (κ1) is 23.7. The summed E-state index contributed by atoms with van der Waals surface area (Å²) in [6.45, 7) is 4.79. The van der Waals surface area contributed by atoms with Gasteiger partial charge in [0.1, 0.15) is 6.04 Å². The van der Waals surface area contributed by atoms with Gasteiger partial charge in [-0.05, 0) is 48.2 Å². The minimum atomic E-state index is -0.600. The molecule has 0 radical (unpaired) electrons. The molecule has 3 aromatic rings. The summed E-state index contributed by atoms with van der Waals surface area (Å²) in [7, 11) is 0. The van der Waals surface area contributed by atoms with Gasteiger partial charge < -0.3 is 10.2 Å². The Hall–Kier alpha value is -2.92. The van der Waals surface area contributed by atoms with Crippen molar-refractivity contribution in [1.29, 1.82) is 0 Å². The first-order valence-electron chi connectivity index (χ1n) is 10.9. The van der Waals surface area contributed by atoms with Crippen molar-refractivity contribution in [2.75, 3.05) is 6.54 Å². The van der Waals surface area contributed by atoms with Crippen LogP contribution in [0.4, 0.5) is 0 Å². The van der Waals surface area contributed by atoms with Crippen molar-refractivity contribution in [3.05, 3.63) is 106 Å². The molecule has 166 valence electrons. The molecule has 3 rings (SSSR count). The number of hydrogen-bond donors (Lipinski definition) is 1. The van der Waals surface area contributed by atoms with E-state index >= 15 is 0 Å². The van der Waals surface area contributed by atoms with Crippen LogP contribution < -0.4 is 5.32 Å². The Morgan fingerprint density at radius 1 is 0.906 bits per heavy atom. The Morgan fingerprint density at radius 3 is 2.22 bits per heavy atom. The fourth-order valence-electron chi connectivity index (χ4n) is 3.71. The molecule has 1 atom stereocenters. The van der Waals surface area contributed by atoms with Crippen molar-refractivity contribution in [1.82, 2.24) is 10.2 Å². The van der Waals surface area contributed by atoms with Gasteiger partial charge in [-0.2, -0.15) is 0 Å². The summed E-state index contributed by atoms with van der Waals surface area (Å²) < 4.78 is 0.976. The van der Waals surface area contributed by atoms with Crippen molar-refractivity contribution < 1.29 is 9.59 Å². The molecular formula is C27H29BrN2O2. The van der Waals surface area contributed by atoms with E-state index in [0.717, 1.165) is 26.7 Å². The van der Waals surface area contributed by atoms with Crippen LogP contribution >= 0.6 is 15.9 Å². The molecule has 32 heavy (non-hydrogen) atoms. The van der Waals surface area contributed by atoms with E-state index in [-0.39, 0.29) is 18.2 Å². The number of rotatable bonds is 9. The van der Waals surface area contributed by atoms with Gasteiger partial charge in [0.2, 0.25) is 11.8 Å². The fraction of sp³-hybridized carbons (Fsp3) is 0.259. The van der Waals surface area contributed by atoms with E-state index in [1.807, 2.05) is 92.7 Å². The smallest absolute Gasteiger partial charge is 0.243 e. The van der Waals surface area contributed by atoms with Crippen LogP contribution in [0.2, 0.25) is 0 Å². The minimum Gasteiger partial charge on any atom is -0.355 e. The molecular weight excluding hydrogens is 464 g/mol. The first-order chi connectivity index (χ1) is 15.5. The quantitative estimate of drug-likeness (QED) is 0.452. The van der Waals surface area contributed by atoms with E-state index < -0.39 is 6.04 Å². The first-order valence-corrected chi connectivity index (χ1v) is 11.7. The number of aryl methyl sites for hydroxylation is 1. The van der Waals surface area contributed by atoms with Crippen molar-refractivity contribution in [3.63, 3.8) is 0 Å². The Balaban J connectivity index is 1.95. The van der Waals surface area contributed by atoms with E-state index in [0.29, 0.717) is 19.5 Å². The van der Waals surface area contributed by atoms with Gasteiger partial charge in [0.25, 0.3) is 0 Å². The second kappa shape index (κ2) is 11.6. The molecule has 0 aliphatic rings. The van der Waals surface area contributed by atoms with Gasteiger partial charge in [0.15, 0.2) is 0 Å². The Labute approximate surface area is 198 Å². The van der Waals surface area contributed by atoms with Crippen molar-refractivity contribution in [2.24, 2.45) is 0 Å². The number of nitrogens with zero attached hydrogens (tertiary/aromatic N) is 1. The van der Waals surface area contributed by atoms with Crippen molar-refractivity contribution in [3.8, 4) is 0 Å². The van der Waals surface area contributed by atoms with Crippen LogP contribution in [0.25, 0.3) is 0 Å². The van der Waals surface area contributed by atoms with E-state index in [2.05, 4.69) is 21.2 Å². The van der Waals surface area contributed by atoms with Crippen LogP contribution in [0.5, 0.6) is 0 Å². The predicted molar refractivity (Wildman–Crippen MR) is 132 cm³/mol. The molecule has 3 aromatic carbocycles. The zero-order chi connectivity index (χ0) is 22.9. The number of carbonyl (C=O) groups excluding carboxylic acids is 2. The molecule has 0 aliphatic carbocycles. The molecule has 0 saturated carbocycles. The minimum absolute atomic E-state index is 0.0607. The van der Waals surface area contributed by atoms with Gasteiger partial charge in [-0.25, -0.2) is 0 Å². The molecule has 0 aliphatic heterocycles. The van der Waals surface area contributed by atoms with Gasteiger partial charge >= 0.3 is 0 Å². The van der Waals surface area contributed by atoms with Crippen LogP contribution in [0.3, 0.4) is 0 Å². The number of benzene rings is 3. The zero-order valence-corrected chi connectivity index (χ0v) is 20.1. The highest BCUT2D eigenvalue weighted by molar-refractivity contribution is 9.10. The zero-order valence-electron chi connectivity index (χ0n) is 18.6. The van der Waals surface area contributed by atoms with E-state index in [4.69, 9.17) is 0 Å². The highest BCUT2D eigenvalue weighted by atomic mass is 79.9. The lowest BCUT2D eigenvalue weighted by atomic mass is 10.0. The lowest BCUT2D eigenvalue weighted by Crippen LogP contribution is -2.51. The lowest BCUT2D eigenvalue weighted by Gasteiger charge is -2.31. The van der Waals surface area contributed by atoms with Gasteiger partial charge in [0, 0.05) is 24.0 Å². The summed E-state index contributed by atoms with van der Waals surface area (Å²) in [5.74, 6) is -0.194. The molecule has 2 amide bonds. The maximum atomic E-state index is 13.6. The summed E-state index contributed by atoms with van der Waals surface area (Å²) in [6, 6.07) is 25.0.